The number of carbonyl (C=O) groups is 1. The van der Waals surface area contributed by atoms with E-state index in [1.165, 1.54) is 5.56 Å². The summed E-state index contributed by atoms with van der Waals surface area (Å²) in [6, 6.07) is 12.0. The number of benzene rings is 1. The van der Waals surface area contributed by atoms with Crippen LogP contribution in [0.1, 0.15) is 36.6 Å². The lowest BCUT2D eigenvalue weighted by molar-refractivity contribution is -0.116. The van der Waals surface area contributed by atoms with Gasteiger partial charge in [0.2, 0.25) is 5.91 Å². The fourth-order valence-corrected chi connectivity index (χ4v) is 2.64. The summed E-state index contributed by atoms with van der Waals surface area (Å²) in [6.45, 7) is 2.82. The smallest absolute Gasteiger partial charge is 0.225 e. The van der Waals surface area contributed by atoms with Gasteiger partial charge in [-0.3, -0.25) is 4.79 Å². The molecule has 1 aromatic carbocycles. The van der Waals surface area contributed by atoms with E-state index in [2.05, 4.69) is 23.6 Å². The summed E-state index contributed by atoms with van der Waals surface area (Å²) in [4.78, 5) is 11.8. The van der Waals surface area contributed by atoms with E-state index < -0.39 is 0 Å². The van der Waals surface area contributed by atoms with Gasteiger partial charge in [-0.15, -0.1) is 0 Å². The van der Waals surface area contributed by atoms with E-state index in [-0.39, 0.29) is 17.9 Å². The van der Waals surface area contributed by atoms with Crippen molar-refractivity contribution in [1.29, 1.82) is 0 Å². The highest BCUT2D eigenvalue weighted by molar-refractivity contribution is 5.94. The van der Waals surface area contributed by atoms with Crippen LogP contribution in [0.3, 0.4) is 0 Å². The van der Waals surface area contributed by atoms with E-state index in [1.807, 2.05) is 30.3 Å². The molecule has 0 saturated carbocycles. The first-order valence-corrected chi connectivity index (χ1v) is 6.89. The Labute approximate surface area is 118 Å². The molecule has 2 heterocycles. The largest absolute Gasteiger partial charge is 0.468 e. The molecule has 1 aromatic heterocycles. The first kappa shape index (κ1) is 12.9. The molecule has 104 valence electrons. The molecule has 0 spiro atoms. The van der Waals surface area contributed by atoms with E-state index in [0.29, 0.717) is 6.42 Å². The minimum Gasteiger partial charge on any atom is -0.468 e. The summed E-state index contributed by atoms with van der Waals surface area (Å²) in [5.74, 6) is 1.21. The van der Waals surface area contributed by atoms with E-state index in [0.717, 1.165) is 18.0 Å². The molecule has 0 saturated heterocycles. The van der Waals surface area contributed by atoms with Gasteiger partial charge in [0.1, 0.15) is 5.76 Å². The molecule has 0 bridgehead atoms. The van der Waals surface area contributed by atoms with Gasteiger partial charge in [-0.2, -0.15) is 0 Å². The molecule has 1 aliphatic heterocycles. The van der Waals surface area contributed by atoms with Crippen LogP contribution in [0, 0.1) is 0 Å². The molecule has 0 fully saturated rings. The van der Waals surface area contributed by atoms with Crippen molar-refractivity contribution >= 4 is 11.6 Å². The zero-order chi connectivity index (χ0) is 13.9. The number of hydrogen-bond acceptors (Lipinski definition) is 3. The zero-order valence-corrected chi connectivity index (χ0v) is 11.4. The lowest BCUT2D eigenvalue weighted by atomic mass is 9.90. The Balaban J connectivity index is 1.70. The first-order chi connectivity index (χ1) is 9.74. The van der Waals surface area contributed by atoms with E-state index in [9.17, 15) is 4.79 Å². The number of fused-ring (bicyclic) bond motifs is 1. The van der Waals surface area contributed by atoms with Crippen molar-refractivity contribution in [3.63, 3.8) is 0 Å². The molecule has 20 heavy (non-hydrogen) atoms. The fraction of sp³-hybridized carbons (Fsp3) is 0.312. The van der Waals surface area contributed by atoms with Gasteiger partial charge < -0.3 is 15.1 Å². The Morgan fingerprint density at radius 3 is 3.00 bits per heavy atom. The molecule has 4 heteroatoms. The van der Waals surface area contributed by atoms with E-state index >= 15 is 0 Å². The van der Waals surface area contributed by atoms with Crippen LogP contribution in [0.2, 0.25) is 0 Å². The van der Waals surface area contributed by atoms with E-state index in [4.69, 9.17) is 4.42 Å². The number of nitrogens with one attached hydrogen (secondary N) is 2. The second-order valence-electron chi connectivity index (χ2n) is 5.18. The van der Waals surface area contributed by atoms with Crippen LogP contribution in [0.25, 0.3) is 0 Å². The highest BCUT2D eigenvalue weighted by Crippen LogP contribution is 2.31. The van der Waals surface area contributed by atoms with Crippen LogP contribution < -0.4 is 10.6 Å². The second-order valence-corrected chi connectivity index (χ2v) is 5.18. The molecule has 0 aliphatic carbocycles. The van der Waals surface area contributed by atoms with Crippen LogP contribution in [0.5, 0.6) is 0 Å². The molecular formula is C16H18N2O2. The van der Waals surface area contributed by atoms with Gasteiger partial charge in [-0.05, 0) is 30.7 Å². The average Bonchev–Trinajstić information content (AvgIpc) is 2.98. The lowest BCUT2D eigenvalue weighted by Crippen LogP contribution is -2.31. The molecular weight excluding hydrogens is 252 g/mol. The molecule has 1 amide bonds. The predicted molar refractivity (Wildman–Crippen MR) is 77.6 cm³/mol. The number of furan rings is 1. The third kappa shape index (κ3) is 2.60. The maximum absolute atomic E-state index is 11.8. The van der Waals surface area contributed by atoms with Crippen molar-refractivity contribution in [2.75, 3.05) is 11.9 Å². The molecule has 2 atom stereocenters. The van der Waals surface area contributed by atoms with E-state index in [1.54, 1.807) is 6.26 Å². The number of anilines is 1. The van der Waals surface area contributed by atoms with Gasteiger partial charge in [-0.25, -0.2) is 0 Å². The normalized spacial score (nSPS) is 19.2. The van der Waals surface area contributed by atoms with Crippen molar-refractivity contribution < 1.29 is 9.21 Å². The summed E-state index contributed by atoms with van der Waals surface area (Å²) in [7, 11) is 0. The highest BCUT2D eigenvalue weighted by Gasteiger charge is 2.25. The Hall–Kier alpha value is -2.07. The maximum atomic E-state index is 11.8. The molecule has 4 nitrogen and oxygen atoms in total. The van der Waals surface area contributed by atoms with Crippen molar-refractivity contribution in [3.05, 3.63) is 54.0 Å². The number of para-hydroxylation sites is 1. The summed E-state index contributed by atoms with van der Waals surface area (Å²) < 4.78 is 5.38. The van der Waals surface area contributed by atoms with Gasteiger partial charge in [0.05, 0.1) is 12.3 Å². The highest BCUT2D eigenvalue weighted by atomic mass is 16.3. The molecule has 3 rings (SSSR count). The Morgan fingerprint density at radius 2 is 2.20 bits per heavy atom. The number of rotatable bonds is 4. The van der Waals surface area contributed by atoms with Crippen LogP contribution in [-0.2, 0) is 4.79 Å². The summed E-state index contributed by atoms with van der Waals surface area (Å²) >= 11 is 0. The number of hydrogen-bond donors (Lipinski definition) is 2. The Kier molecular flexibility index (Phi) is 3.56. The van der Waals surface area contributed by atoms with Gasteiger partial charge in [-0.1, -0.05) is 18.2 Å². The minimum absolute atomic E-state index is 0.0844. The van der Waals surface area contributed by atoms with Crippen LogP contribution in [0.15, 0.2) is 47.1 Å². The molecule has 1 aliphatic rings. The SMILES string of the molecule is C[C@H](NC[C@H]1CC(=O)Nc2ccccc21)c1ccco1. The summed E-state index contributed by atoms with van der Waals surface area (Å²) in [6.07, 6.45) is 2.20. The van der Waals surface area contributed by atoms with Gasteiger partial charge in [0, 0.05) is 24.6 Å². The average molecular weight is 270 g/mol. The molecule has 2 N–H and O–H groups in total. The fourth-order valence-electron chi connectivity index (χ4n) is 2.64. The minimum atomic E-state index is 0.0844. The topological polar surface area (TPSA) is 54.3 Å². The number of carbonyl (C=O) groups excluding carboxylic acids is 1. The van der Waals surface area contributed by atoms with Crippen LogP contribution >= 0.6 is 0 Å². The third-order valence-corrected chi connectivity index (χ3v) is 3.75. The standard InChI is InChI=1S/C16H18N2O2/c1-11(15-7-4-8-20-15)17-10-12-9-16(19)18-14-6-3-2-5-13(12)14/h2-8,11-12,17H,9-10H2,1H3,(H,18,19)/t11-,12+/m0/s1. The molecule has 0 radical (unpaired) electrons. The van der Waals surface area contributed by atoms with Crippen molar-refractivity contribution in [3.8, 4) is 0 Å². The lowest BCUT2D eigenvalue weighted by Gasteiger charge is -2.26. The maximum Gasteiger partial charge on any atom is 0.225 e. The van der Waals surface area contributed by atoms with Gasteiger partial charge in [0.15, 0.2) is 0 Å². The molecule has 0 unspecified atom stereocenters. The van der Waals surface area contributed by atoms with Gasteiger partial charge in [0.25, 0.3) is 0 Å². The Morgan fingerprint density at radius 1 is 1.35 bits per heavy atom. The van der Waals surface area contributed by atoms with Crippen molar-refractivity contribution in [2.45, 2.75) is 25.3 Å². The number of amides is 1. The summed E-state index contributed by atoms with van der Waals surface area (Å²) in [5.41, 5.74) is 2.13. The van der Waals surface area contributed by atoms with Crippen molar-refractivity contribution in [1.82, 2.24) is 5.32 Å². The second kappa shape index (κ2) is 5.51. The monoisotopic (exact) mass is 270 g/mol. The third-order valence-electron chi connectivity index (χ3n) is 3.75. The first-order valence-electron chi connectivity index (χ1n) is 6.89. The summed E-state index contributed by atoms with van der Waals surface area (Å²) in [5, 5.41) is 6.36. The van der Waals surface area contributed by atoms with Crippen LogP contribution in [0.4, 0.5) is 5.69 Å². The quantitative estimate of drug-likeness (QED) is 0.897. The van der Waals surface area contributed by atoms with Gasteiger partial charge >= 0.3 is 0 Å². The van der Waals surface area contributed by atoms with Crippen molar-refractivity contribution in [2.24, 2.45) is 0 Å². The zero-order valence-electron chi connectivity index (χ0n) is 11.4. The van der Waals surface area contributed by atoms with Crippen LogP contribution in [-0.4, -0.2) is 12.5 Å². The Bertz CT molecular complexity index is 592. The predicted octanol–water partition coefficient (Wildman–Crippen LogP) is 3.06. The molecule has 2 aromatic rings.